The molecule has 6 rings (SSSR count). The maximum atomic E-state index is 13.7. The van der Waals surface area contributed by atoms with E-state index < -0.39 is 0 Å². The SMILES string of the molecule is C=C.CC/C=C\c1c(C)cccc1C1CC(=O)[C@@H]2CCC(c3ccc(Cl)cc3)C[C@@H]2C1Sc1ccc(C)cc1.CSc1ccc(C)cc1. The Hall–Kier alpha value is -2.98. The van der Waals surface area contributed by atoms with Gasteiger partial charge in [-0.05, 0) is 123 Å². The zero-order valence-electron chi connectivity index (χ0n) is 29.3. The molecule has 4 heteroatoms. The maximum absolute atomic E-state index is 13.7. The largest absolute Gasteiger partial charge is 0.299 e. The van der Waals surface area contributed by atoms with Gasteiger partial charge in [-0.25, -0.2) is 0 Å². The molecule has 0 amide bonds. The van der Waals surface area contributed by atoms with Crippen LogP contribution in [0.25, 0.3) is 6.08 Å². The molecule has 3 unspecified atom stereocenters. The van der Waals surface area contributed by atoms with E-state index in [-0.39, 0.29) is 11.8 Å². The number of ketones is 1. The first-order valence-electron chi connectivity index (χ1n) is 17.2. The number of rotatable bonds is 7. The molecule has 5 atom stereocenters. The Bertz CT molecular complexity index is 1620. The van der Waals surface area contributed by atoms with Crippen molar-refractivity contribution in [1.29, 1.82) is 0 Å². The van der Waals surface area contributed by atoms with Gasteiger partial charge in [-0.3, -0.25) is 4.79 Å². The lowest BCUT2D eigenvalue weighted by Gasteiger charge is -2.47. The lowest BCUT2D eigenvalue weighted by molar-refractivity contribution is -0.128. The number of carbonyl (C=O) groups excluding carboxylic acids is 1. The number of thioether (sulfide) groups is 2. The van der Waals surface area contributed by atoms with E-state index in [1.165, 1.54) is 43.2 Å². The van der Waals surface area contributed by atoms with Gasteiger partial charge in [-0.15, -0.1) is 36.7 Å². The van der Waals surface area contributed by atoms with Gasteiger partial charge < -0.3 is 0 Å². The second-order valence-electron chi connectivity index (χ2n) is 12.9. The third kappa shape index (κ3) is 9.80. The minimum Gasteiger partial charge on any atom is -0.299 e. The summed E-state index contributed by atoms with van der Waals surface area (Å²) in [5.41, 5.74) is 7.91. The molecule has 0 radical (unpaired) electrons. The van der Waals surface area contributed by atoms with Gasteiger partial charge in [0.25, 0.3) is 0 Å². The van der Waals surface area contributed by atoms with E-state index in [1.54, 1.807) is 11.8 Å². The summed E-state index contributed by atoms with van der Waals surface area (Å²) < 4.78 is 0. The van der Waals surface area contributed by atoms with Gasteiger partial charge >= 0.3 is 0 Å². The van der Waals surface area contributed by atoms with E-state index in [4.69, 9.17) is 11.6 Å². The predicted octanol–water partition coefficient (Wildman–Crippen LogP) is 13.3. The molecular formula is C44H51ClOS2. The fourth-order valence-corrected chi connectivity index (χ4v) is 9.21. The zero-order chi connectivity index (χ0) is 34.6. The van der Waals surface area contributed by atoms with Crippen LogP contribution < -0.4 is 0 Å². The Kier molecular flexibility index (Phi) is 14.7. The Morgan fingerprint density at radius 1 is 0.812 bits per heavy atom. The number of aryl methyl sites for hydroxylation is 3. The second-order valence-corrected chi connectivity index (χ2v) is 15.5. The van der Waals surface area contributed by atoms with Gasteiger partial charge in [0.15, 0.2) is 0 Å². The topological polar surface area (TPSA) is 17.1 Å². The van der Waals surface area contributed by atoms with E-state index in [0.29, 0.717) is 29.3 Å². The number of carbonyl (C=O) groups is 1. The molecule has 2 saturated carbocycles. The van der Waals surface area contributed by atoms with Crippen LogP contribution in [0, 0.1) is 32.6 Å². The van der Waals surface area contributed by atoms with Crippen LogP contribution in [0.1, 0.15) is 84.2 Å². The average Bonchev–Trinajstić information content (AvgIpc) is 3.11. The number of benzene rings is 4. The average molecular weight is 695 g/mol. The first kappa shape index (κ1) is 37.8. The van der Waals surface area contributed by atoms with Crippen molar-refractivity contribution < 1.29 is 4.79 Å². The van der Waals surface area contributed by atoms with Crippen LogP contribution >= 0.6 is 35.1 Å². The van der Waals surface area contributed by atoms with Gasteiger partial charge in [-0.2, -0.15) is 0 Å². The fourth-order valence-electron chi connectivity index (χ4n) is 7.18. The second kappa shape index (κ2) is 18.7. The van der Waals surface area contributed by atoms with Crippen molar-refractivity contribution in [2.75, 3.05) is 6.26 Å². The molecule has 252 valence electrons. The molecule has 0 aliphatic heterocycles. The van der Waals surface area contributed by atoms with Crippen LogP contribution in [0.15, 0.2) is 120 Å². The van der Waals surface area contributed by atoms with Crippen LogP contribution in [0.3, 0.4) is 0 Å². The number of halogens is 1. The molecule has 4 aromatic carbocycles. The van der Waals surface area contributed by atoms with Crippen molar-refractivity contribution in [2.24, 2.45) is 11.8 Å². The van der Waals surface area contributed by atoms with Crippen LogP contribution in [0.5, 0.6) is 0 Å². The minimum atomic E-state index is 0.169. The van der Waals surface area contributed by atoms with E-state index in [1.807, 2.05) is 23.9 Å². The third-order valence-corrected chi connectivity index (χ3v) is 12.2. The lowest BCUT2D eigenvalue weighted by atomic mass is 9.61. The molecule has 2 aliphatic rings. The minimum absolute atomic E-state index is 0.169. The zero-order valence-corrected chi connectivity index (χ0v) is 31.6. The fraction of sp³-hybridized carbons (Fsp3) is 0.341. The summed E-state index contributed by atoms with van der Waals surface area (Å²) in [5.74, 6) is 1.68. The normalized spacial score (nSPS) is 21.8. The van der Waals surface area contributed by atoms with Crippen LogP contribution in [-0.4, -0.2) is 17.3 Å². The summed E-state index contributed by atoms with van der Waals surface area (Å²) in [4.78, 5) is 16.3. The van der Waals surface area contributed by atoms with E-state index in [0.717, 1.165) is 30.7 Å². The predicted molar refractivity (Wildman–Crippen MR) is 213 cm³/mol. The van der Waals surface area contributed by atoms with Crippen LogP contribution in [0.4, 0.5) is 0 Å². The van der Waals surface area contributed by atoms with Crippen molar-refractivity contribution in [3.8, 4) is 0 Å². The summed E-state index contributed by atoms with van der Waals surface area (Å²) in [5, 5.41) is 1.14. The molecule has 4 aromatic rings. The van der Waals surface area contributed by atoms with Gasteiger partial charge in [0.2, 0.25) is 0 Å². The maximum Gasteiger partial charge on any atom is 0.136 e. The lowest BCUT2D eigenvalue weighted by Crippen LogP contribution is -2.44. The summed E-state index contributed by atoms with van der Waals surface area (Å²) in [6.07, 6.45) is 11.4. The number of fused-ring (bicyclic) bond motifs is 1. The summed E-state index contributed by atoms with van der Waals surface area (Å²) in [6, 6.07) is 32.5. The van der Waals surface area contributed by atoms with Crippen molar-refractivity contribution >= 4 is 47.0 Å². The molecule has 0 N–H and O–H groups in total. The highest BCUT2D eigenvalue weighted by Gasteiger charge is 2.48. The van der Waals surface area contributed by atoms with Crippen molar-refractivity contribution in [2.45, 2.75) is 86.7 Å². The summed E-state index contributed by atoms with van der Waals surface area (Å²) in [7, 11) is 0. The number of allylic oxidation sites excluding steroid dienone is 1. The van der Waals surface area contributed by atoms with E-state index in [2.05, 4.69) is 138 Å². The van der Waals surface area contributed by atoms with Crippen molar-refractivity contribution in [1.82, 2.24) is 0 Å². The van der Waals surface area contributed by atoms with Gasteiger partial charge in [0.05, 0.1) is 0 Å². The molecule has 48 heavy (non-hydrogen) atoms. The summed E-state index contributed by atoms with van der Waals surface area (Å²) in [6.45, 7) is 14.6. The molecule has 0 heterocycles. The van der Waals surface area contributed by atoms with Crippen molar-refractivity contribution in [3.05, 3.63) is 149 Å². The number of hydrogen-bond donors (Lipinski definition) is 0. The van der Waals surface area contributed by atoms with Gasteiger partial charge in [-0.1, -0.05) is 96.4 Å². The summed E-state index contributed by atoms with van der Waals surface area (Å²) >= 11 is 9.98. The van der Waals surface area contributed by atoms with Crippen molar-refractivity contribution in [3.63, 3.8) is 0 Å². The highest BCUT2D eigenvalue weighted by atomic mass is 35.5. The number of hydrogen-bond acceptors (Lipinski definition) is 3. The first-order valence-corrected chi connectivity index (χ1v) is 19.6. The molecular weight excluding hydrogens is 644 g/mol. The Labute approximate surface area is 303 Å². The van der Waals surface area contributed by atoms with Crippen LogP contribution in [-0.2, 0) is 4.79 Å². The smallest absolute Gasteiger partial charge is 0.136 e. The molecule has 0 bridgehead atoms. The van der Waals surface area contributed by atoms with E-state index >= 15 is 0 Å². The van der Waals surface area contributed by atoms with Gasteiger partial charge in [0, 0.05) is 38.3 Å². The third-order valence-electron chi connectivity index (χ3n) is 9.72. The standard InChI is InChI=1S/C34H37ClOS.C8H10S.C2H4/c1-4-5-8-28-23(3)7-6-9-29(28)32-21-33(36)30-19-14-25(24-12-15-26(35)16-13-24)20-31(30)34(32)37-27-17-10-22(2)11-18-27;1-7-3-5-8(9-2)6-4-7;1-2/h5-13,15-18,25,30-32,34H,4,14,19-21H2,1-3H3;3-6H,1-2H3;1-2H2/b8-5-;;/t25?,30-,31+,32?,34?;;/m1../s1. The molecule has 0 spiro atoms. The van der Waals surface area contributed by atoms with E-state index in [9.17, 15) is 4.79 Å². The molecule has 1 nitrogen and oxygen atoms in total. The van der Waals surface area contributed by atoms with Gasteiger partial charge in [0.1, 0.15) is 5.78 Å². The Morgan fingerprint density at radius 2 is 1.44 bits per heavy atom. The Balaban J connectivity index is 0.000000406. The number of Topliss-reactive ketones (excluding diaryl/α,β-unsaturated/α-hetero) is 1. The Morgan fingerprint density at radius 3 is 2.04 bits per heavy atom. The highest BCUT2D eigenvalue weighted by molar-refractivity contribution is 8.00. The van der Waals surface area contributed by atoms with Crippen LogP contribution in [0.2, 0.25) is 5.02 Å². The molecule has 2 fully saturated rings. The molecule has 2 aliphatic carbocycles. The molecule has 0 aromatic heterocycles. The quantitative estimate of drug-likeness (QED) is 0.142. The highest BCUT2D eigenvalue weighted by Crippen LogP contribution is 2.54. The molecule has 0 saturated heterocycles. The first-order chi connectivity index (χ1) is 23.3. The monoisotopic (exact) mass is 694 g/mol.